The Morgan fingerprint density at radius 3 is 2.20 bits per heavy atom. The summed E-state index contributed by atoms with van der Waals surface area (Å²) in [5, 5.41) is 3.37. The first-order chi connectivity index (χ1) is 12.1. The van der Waals surface area contributed by atoms with E-state index >= 15 is 0 Å². The molecule has 0 radical (unpaired) electrons. The Labute approximate surface area is 154 Å². The van der Waals surface area contributed by atoms with Crippen molar-refractivity contribution >= 4 is 46.8 Å². The van der Waals surface area contributed by atoms with Crippen LogP contribution in [-0.4, -0.2) is 40.7 Å². The van der Waals surface area contributed by atoms with Gasteiger partial charge < -0.3 is 5.32 Å². The standard InChI is InChI=1S/C18H15ClN2O3S/c19-12-5-7-13(8-6-12)20-16(22)11-25-10-9-21-17(23)14-3-1-2-4-15(14)18(21)24/h1-8H,9-11H2,(H,20,22). The largest absolute Gasteiger partial charge is 0.325 e. The Morgan fingerprint density at radius 2 is 1.60 bits per heavy atom. The molecule has 25 heavy (non-hydrogen) atoms. The molecule has 0 bridgehead atoms. The van der Waals surface area contributed by atoms with E-state index in [9.17, 15) is 14.4 Å². The van der Waals surface area contributed by atoms with Crippen LogP contribution in [0.4, 0.5) is 5.69 Å². The van der Waals surface area contributed by atoms with E-state index in [2.05, 4.69) is 5.32 Å². The number of nitrogens with one attached hydrogen (secondary N) is 1. The van der Waals surface area contributed by atoms with Gasteiger partial charge in [-0.3, -0.25) is 19.3 Å². The molecule has 2 aromatic rings. The number of fused-ring (bicyclic) bond motifs is 1. The maximum atomic E-state index is 12.2. The molecule has 5 nitrogen and oxygen atoms in total. The van der Waals surface area contributed by atoms with E-state index in [-0.39, 0.29) is 30.0 Å². The second-order valence-corrected chi connectivity index (χ2v) is 6.96. The summed E-state index contributed by atoms with van der Waals surface area (Å²) in [6.07, 6.45) is 0. The van der Waals surface area contributed by atoms with Gasteiger partial charge in [0.2, 0.25) is 5.91 Å². The normalized spacial score (nSPS) is 13.1. The van der Waals surface area contributed by atoms with Crippen molar-refractivity contribution < 1.29 is 14.4 Å². The molecule has 1 aliphatic rings. The predicted molar refractivity (Wildman–Crippen MR) is 99.2 cm³/mol. The van der Waals surface area contributed by atoms with Crippen LogP contribution in [0.3, 0.4) is 0 Å². The highest BCUT2D eigenvalue weighted by atomic mass is 35.5. The Hall–Kier alpha value is -2.31. The van der Waals surface area contributed by atoms with E-state index < -0.39 is 0 Å². The minimum absolute atomic E-state index is 0.144. The molecule has 1 aliphatic heterocycles. The molecule has 0 fully saturated rings. The first-order valence-corrected chi connectivity index (χ1v) is 9.18. The quantitative estimate of drug-likeness (QED) is 0.622. The number of halogens is 1. The molecule has 0 spiro atoms. The van der Waals surface area contributed by atoms with E-state index in [1.54, 1.807) is 48.5 Å². The van der Waals surface area contributed by atoms with Crippen molar-refractivity contribution in [1.29, 1.82) is 0 Å². The minimum atomic E-state index is -0.271. The smallest absolute Gasteiger partial charge is 0.261 e. The first kappa shape index (κ1) is 17.5. The lowest BCUT2D eigenvalue weighted by Gasteiger charge is -2.13. The fraction of sp³-hybridized carbons (Fsp3) is 0.167. The molecular formula is C18H15ClN2O3S. The third-order valence-electron chi connectivity index (χ3n) is 3.70. The summed E-state index contributed by atoms with van der Waals surface area (Å²) in [5.74, 6) is 0.0546. The molecule has 3 rings (SSSR count). The number of imide groups is 1. The van der Waals surface area contributed by atoms with Crippen molar-refractivity contribution in [2.45, 2.75) is 0 Å². The summed E-state index contributed by atoms with van der Waals surface area (Å²) < 4.78 is 0. The monoisotopic (exact) mass is 374 g/mol. The third-order valence-corrected chi connectivity index (χ3v) is 4.89. The summed E-state index contributed by atoms with van der Waals surface area (Å²) in [6.45, 7) is 0.283. The molecule has 0 saturated heterocycles. The lowest BCUT2D eigenvalue weighted by molar-refractivity contribution is -0.113. The Kier molecular flexibility index (Phi) is 5.40. The van der Waals surface area contributed by atoms with Crippen molar-refractivity contribution in [2.75, 3.05) is 23.4 Å². The zero-order chi connectivity index (χ0) is 17.8. The third kappa shape index (κ3) is 4.03. The molecule has 1 heterocycles. The van der Waals surface area contributed by atoms with Crippen LogP contribution in [0.5, 0.6) is 0 Å². The average molecular weight is 375 g/mol. The number of benzene rings is 2. The zero-order valence-corrected chi connectivity index (χ0v) is 14.8. The lowest BCUT2D eigenvalue weighted by atomic mass is 10.1. The van der Waals surface area contributed by atoms with Crippen LogP contribution in [-0.2, 0) is 4.79 Å². The summed E-state index contributed by atoms with van der Waals surface area (Å²) >= 11 is 7.16. The number of carbonyl (C=O) groups is 3. The van der Waals surface area contributed by atoms with Crippen LogP contribution < -0.4 is 5.32 Å². The molecule has 7 heteroatoms. The predicted octanol–water partition coefficient (Wildman–Crippen LogP) is 3.31. The van der Waals surface area contributed by atoms with Gasteiger partial charge in [0.1, 0.15) is 0 Å². The fourth-order valence-corrected chi connectivity index (χ4v) is 3.33. The van der Waals surface area contributed by atoms with Crippen LogP contribution in [0.1, 0.15) is 20.7 Å². The molecule has 0 atom stereocenters. The Bertz CT molecular complexity index is 788. The van der Waals surface area contributed by atoms with Gasteiger partial charge in [0, 0.05) is 23.0 Å². The SMILES string of the molecule is O=C(CSCCN1C(=O)c2ccccc2C1=O)Nc1ccc(Cl)cc1. The number of hydrogen-bond donors (Lipinski definition) is 1. The summed E-state index contributed by atoms with van der Waals surface area (Å²) in [4.78, 5) is 37.5. The number of nitrogens with zero attached hydrogens (tertiary/aromatic N) is 1. The topological polar surface area (TPSA) is 66.5 Å². The maximum Gasteiger partial charge on any atom is 0.261 e. The van der Waals surface area contributed by atoms with Gasteiger partial charge in [0.15, 0.2) is 0 Å². The number of amides is 3. The van der Waals surface area contributed by atoms with Crippen molar-refractivity contribution in [3.63, 3.8) is 0 Å². The van der Waals surface area contributed by atoms with E-state index in [0.29, 0.717) is 27.6 Å². The molecule has 1 N–H and O–H groups in total. The second-order valence-electron chi connectivity index (χ2n) is 5.42. The van der Waals surface area contributed by atoms with Gasteiger partial charge in [-0.25, -0.2) is 0 Å². The molecule has 0 aliphatic carbocycles. The number of anilines is 1. The molecular weight excluding hydrogens is 360 g/mol. The van der Waals surface area contributed by atoms with E-state index in [1.165, 1.54) is 16.7 Å². The van der Waals surface area contributed by atoms with E-state index in [0.717, 1.165) is 0 Å². The van der Waals surface area contributed by atoms with Gasteiger partial charge in [0.25, 0.3) is 11.8 Å². The highest BCUT2D eigenvalue weighted by molar-refractivity contribution is 7.99. The Morgan fingerprint density at radius 1 is 1.00 bits per heavy atom. The van der Waals surface area contributed by atoms with Gasteiger partial charge >= 0.3 is 0 Å². The van der Waals surface area contributed by atoms with Crippen LogP contribution in [0, 0.1) is 0 Å². The molecule has 0 aromatic heterocycles. The van der Waals surface area contributed by atoms with Gasteiger partial charge in [-0.15, -0.1) is 0 Å². The van der Waals surface area contributed by atoms with Crippen LogP contribution in [0.15, 0.2) is 48.5 Å². The van der Waals surface area contributed by atoms with Gasteiger partial charge in [0.05, 0.1) is 16.9 Å². The summed E-state index contributed by atoms with van der Waals surface area (Å²) in [6, 6.07) is 13.6. The number of hydrogen-bond acceptors (Lipinski definition) is 4. The average Bonchev–Trinajstić information content (AvgIpc) is 2.86. The van der Waals surface area contributed by atoms with Crippen LogP contribution in [0.25, 0.3) is 0 Å². The number of rotatable bonds is 6. The molecule has 0 saturated carbocycles. The van der Waals surface area contributed by atoms with E-state index in [1.807, 2.05) is 0 Å². The second kappa shape index (κ2) is 7.72. The summed E-state index contributed by atoms with van der Waals surface area (Å²) in [5.41, 5.74) is 1.56. The fourth-order valence-electron chi connectivity index (χ4n) is 2.49. The highest BCUT2D eigenvalue weighted by Gasteiger charge is 2.34. The molecule has 0 unspecified atom stereocenters. The van der Waals surface area contributed by atoms with Crippen molar-refractivity contribution in [1.82, 2.24) is 4.90 Å². The number of thioether (sulfide) groups is 1. The van der Waals surface area contributed by atoms with Gasteiger partial charge in [-0.1, -0.05) is 23.7 Å². The van der Waals surface area contributed by atoms with Crippen molar-refractivity contribution in [2.24, 2.45) is 0 Å². The maximum absolute atomic E-state index is 12.2. The lowest BCUT2D eigenvalue weighted by Crippen LogP contribution is -2.32. The summed E-state index contributed by atoms with van der Waals surface area (Å²) in [7, 11) is 0. The molecule has 3 amide bonds. The molecule has 2 aromatic carbocycles. The van der Waals surface area contributed by atoms with Gasteiger partial charge in [-0.05, 0) is 36.4 Å². The highest BCUT2D eigenvalue weighted by Crippen LogP contribution is 2.22. The zero-order valence-electron chi connectivity index (χ0n) is 13.2. The molecule has 128 valence electrons. The van der Waals surface area contributed by atoms with E-state index in [4.69, 9.17) is 11.6 Å². The number of carbonyl (C=O) groups excluding carboxylic acids is 3. The van der Waals surface area contributed by atoms with Crippen molar-refractivity contribution in [3.8, 4) is 0 Å². The first-order valence-electron chi connectivity index (χ1n) is 7.64. The van der Waals surface area contributed by atoms with Gasteiger partial charge in [-0.2, -0.15) is 11.8 Å². The minimum Gasteiger partial charge on any atom is -0.325 e. The Balaban J connectivity index is 1.45. The van der Waals surface area contributed by atoms with Crippen molar-refractivity contribution in [3.05, 3.63) is 64.7 Å². The van der Waals surface area contributed by atoms with Crippen LogP contribution >= 0.6 is 23.4 Å². The van der Waals surface area contributed by atoms with Crippen LogP contribution in [0.2, 0.25) is 5.02 Å².